The van der Waals surface area contributed by atoms with Crippen molar-refractivity contribution in [2.45, 2.75) is 4.90 Å². The lowest BCUT2D eigenvalue weighted by molar-refractivity contribution is 0.0566. The predicted molar refractivity (Wildman–Crippen MR) is 66.9 cm³/mol. The number of esters is 1. The van der Waals surface area contributed by atoms with E-state index < -0.39 is 16.0 Å². The minimum absolute atomic E-state index is 0.0123. The fourth-order valence-electron chi connectivity index (χ4n) is 1.61. The minimum atomic E-state index is -3.87. The molecule has 2 N–H and O–H groups in total. The maximum absolute atomic E-state index is 11.5. The van der Waals surface area contributed by atoms with Gasteiger partial charge in [-0.3, -0.25) is 0 Å². The van der Waals surface area contributed by atoms with Crippen LogP contribution in [0, 0.1) is 0 Å². The van der Waals surface area contributed by atoms with E-state index in [-0.39, 0.29) is 16.4 Å². The van der Waals surface area contributed by atoms with Crippen LogP contribution in [0.15, 0.2) is 45.7 Å². The largest absolute Gasteiger partial charge is 0.463 e. The quantitative estimate of drug-likeness (QED) is 0.857. The summed E-state index contributed by atoms with van der Waals surface area (Å²) in [6, 6.07) is 8.99. The maximum atomic E-state index is 11.5. The number of ether oxygens (including phenoxy) is 1. The first-order valence-corrected chi connectivity index (χ1v) is 6.78. The standard InChI is InChI=1S/C12H11NO5S/c1-17-12(14)10-7-6-9(18-10)8-4-2-3-5-11(8)19(13,15)16/h2-7H,1H3,(H2,13,15,16). The molecule has 0 unspecified atom stereocenters. The Morgan fingerprint density at radius 1 is 1.21 bits per heavy atom. The van der Waals surface area contributed by atoms with Gasteiger partial charge in [0, 0.05) is 5.56 Å². The second kappa shape index (κ2) is 4.87. The highest BCUT2D eigenvalue weighted by Crippen LogP contribution is 2.28. The van der Waals surface area contributed by atoms with E-state index >= 15 is 0 Å². The molecule has 0 amide bonds. The summed E-state index contributed by atoms with van der Waals surface area (Å²) in [5.74, 6) is -0.425. The highest BCUT2D eigenvalue weighted by atomic mass is 32.2. The van der Waals surface area contributed by atoms with Gasteiger partial charge in [-0.2, -0.15) is 0 Å². The van der Waals surface area contributed by atoms with Crippen molar-refractivity contribution in [3.63, 3.8) is 0 Å². The van der Waals surface area contributed by atoms with E-state index in [2.05, 4.69) is 4.74 Å². The summed E-state index contributed by atoms with van der Waals surface area (Å²) < 4.78 is 32.7. The van der Waals surface area contributed by atoms with E-state index in [0.29, 0.717) is 5.56 Å². The molecule has 0 saturated heterocycles. The van der Waals surface area contributed by atoms with Crippen molar-refractivity contribution in [3.8, 4) is 11.3 Å². The molecule has 0 fully saturated rings. The summed E-state index contributed by atoms with van der Waals surface area (Å²) in [6.45, 7) is 0. The van der Waals surface area contributed by atoms with Crippen LogP contribution >= 0.6 is 0 Å². The Hall–Kier alpha value is -2.12. The highest BCUT2D eigenvalue weighted by molar-refractivity contribution is 7.89. The Balaban J connectivity index is 2.54. The van der Waals surface area contributed by atoms with Gasteiger partial charge in [0.15, 0.2) is 0 Å². The molecule has 0 spiro atoms. The third-order valence-corrected chi connectivity index (χ3v) is 3.42. The topological polar surface area (TPSA) is 99.6 Å². The lowest BCUT2D eigenvalue weighted by Gasteiger charge is -2.04. The first-order valence-electron chi connectivity index (χ1n) is 5.24. The Morgan fingerprint density at radius 3 is 2.53 bits per heavy atom. The summed E-state index contributed by atoms with van der Waals surface area (Å²) in [6.07, 6.45) is 0. The maximum Gasteiger partial charge on any atom is 0.373 e. The molecular formula is C12H11NO5S. The van der Waals surface area contributed by atoms with Gasteiger partial charge in [-0.1, -0.05) is 12.1 Å². The lowest BCUT2D eigenvalue weighted by atomic mass is 10.2. The van der Waals surface area contributed by atoms with Gasteiger partial charge >= 0.3 is 5.97 Å². The summed E-state index contributed by atoms with van der Waals surface area (Å²) in [5, 5.41) is 5.13. The first kappa shape index (κ1) is 13.3. The van der Waals surface area contributed by atoms with Gasteiger partial charge in [-0.25, -0.2) is 18.4 Å². The van der Waals surface area contributed by atoms with Gasteiger partial charge in [0.25, 0.3) is 0 Å². The van der Waals surface area contributed by atoms with Crippen molar-refractivity contribution in [1.29, 1.82) is 0 Å². The molecule has 0 aliphatic rings. The molecule has 19 heavy (non-hydrogen) atoms. The van der Waals surface area contributed by atoms with Gasteiger partial charge in [0.2, 0.25) is 15.8 Å². The molecule has 0 aliphatic heterocycles. The van der Waals surface area contributed by atoms with Crippen LogP contribution in [0.3, 0.4) is 0 Å². The third-order valence-electron chi connectivity index (χ3n) is 2.45. The number of carbonyl (C=O) groups is 1. The Labute approximate surface area is 109 Å². The van der Waals surface area contributed by atoms with E-state index in [1.807, 2.05) is 0 Å². The van der Waals surface area contributed by atoms with Crippen molar-refractivity contribution in [1.82, 2.24) is 0 Å². The Kier molecular flexibility index (Phi) is 3.41. The molecule has 0 aliphatic carbocycles. The molecule has 2 rings (SSSR count). The summed E-state index contributed by atoms with van der Waals surface area (Å²) in [7, 11) is -2.65. The zero-order valence-corrected chi connectivity index (χ0v) is 10.8. The van der Waals surface area contributed by atoms with Crippen LogP contribution in [-0.2, 0) is 14.8 Å². The number of methoxy groups -OCH3 is 1. The van der Waals surface area contributed by atoms with Crippen LogP contribution in [-0.4, -0.2) is 21.5 Å². The molecule has 100 valence electrons. The molecule has 1 aromatic carbocycles. The number of hydrogen-bond acceptors (Lipinski definition) is 5. The predicted octanol–water partition coefficient (Wildman–Crippen LogP) is 1.38. The second-order valence-corrected chi connectivity index (χ2v) is 5.23. The van der Waals surface area contributed by atoms with Gasteiger partial charge in [0.05, 0.1) is 12.0 Å². The van der Waals surface area contributed by atoms with Crippen molar-refractivity contribution in [2.24, 2.45) is 5.14 Å². The van der Waals surface area contributed by atoms with Gasteiger partial charge < -0.3 is 9.15 Å². The van der Waals surface area contributed by atoms with Gasteiger partial charge in [-0.05, 0) is 24.3 Å². The van der Waals surface area contributed by atoms with E-state index in [9.17, 15) is 13.2 Å². The van der Waals surface area contributed by atoms with E-state index in [4.69, 9.17) is 9.56 Å². The zero-order valence-electron chi connectivity index (χ0n) is 9.99. The number of nitrogens with two attached hydrogens (primary N) is 1. The van der Waals surface area contributed by atoms with Crippen LogP contribution in [0.2, 0.25) is 0 Å². The number of benzene rings is 1. The van der Waals surface area contributed by atoms with E-state index in [1.165, 1.54) is 25.3 Å². The van der Waals surface area contributed by atoms with Gasteiger partial charge in [0.1, 0.15) is 5.76 Å². The van der Waals surface area contributed by atoms with Crippen molar-refractivity contribution >= 4 is 16.0 Å². The number of primary sulfonamides is 1. The molecule has 0 radical (unpaired) electrons. The molecule has 7 heteroatoms. The van der Waals surface area contributed by atoms with Crippen LogP contribution in [0.1, 0.15) is 10.6 Å². The molecule has 0 atom stereocenters. The van der Waals surface area contributed by atoms with Crippen molar-refractivity contribution in [3.05, 3.63) is 42.2 Å². The summed E-state index contributed by atoms with van der Waals surface area (Å²) in [5.41, 5.74) is 0.292. The van der Waals surface area contributed by atoms with Crippen LogP contribution in [0.5, 0.6) is 0 Å². The number of sulfonamides is 1. The van der Waals surface area contributed by atoms with Crippen LogP contribution in [0.4, 0.5) is 0 Å². The third kappa shape index (κ3) is 2.67. The van der Waals surface area contributed by atoms with Crippen LogP contribution < -0.4 is 5.14 Å². The Bertz CT molecular complexity index is 717. The molecule has 1 heterocycles. The number of carbonyl (C=O) groups excluding carboxylic acids is 1. The van der Waals surface area contributed by atoms with Crippen molar-refractivity contribution in [2.75, 3.05) is 7.11 Å². The molecule has 0 bridgehead atoms. The normalized spacial score (nSPS) is 11.3. The monoisotopic (exact) mass is 281 g/mol. The zero-order chi connectivity index (χ0) is 14.0. The summed E-state index contributed by atoms with van der Waals surface area (Å²) >= 11 is 0. The van der Waals surface area contributed by atoms with Crippen molar-refractivity contribution < 1.29 is 22.4 Å². The molecular weight excluding hydrogens is 270 g/mol. The second-order valence-electron chi connectivity index (χ2n) is 3.70. The Morgan fingerprint density at radius 2 is 1.89 bits per heavy atom. The van der Waals surface area contributed by atoms with E-state index in [0.717, 1.165) is 0 Å². The molecule has 0 saturated carbocycles. The summed E-state index contributed by atoms with van der Waals surface area (Å²) in [4.78, 5) is 11.2. The first-order chi connectivity index (χ1) is 8.93. The molecule has 2 aromatic rings. The minimum Gasteiger partial charge on any atom is -0.463 e. The average molecular weight is 281 g/mol. The van der Waals surface area contributed by atoms with E-state index in [1.54, 1.807) is 18.2 Å². The van der Waals surface area contributed by atoms with Crippen LogP contribution in [0.25, 0.3) is 11.3 Å². The lowest BCUT2D eigenvalue weighted by Crippen LogP contribution is -2.13. The number of furan rings is 1. The fraction of sp³-hybridized carbons (Fsp3) is 0.0833. The fourth-order valence-corrected chi connectivity index (χ4v) is 2.35. The molecule has 6 nitrogen and oxygen atoms in total. The smallest absolute Gasteiger partial charge is 0.373 e. The average Bonchev–Trinajstić information content (AvgIpc) is 2.86. The van der Waals surface area contributed by atoms with Gasteiger partial charge in [-0.15, -0.1) is 0 Å². The number of rotatable bonds is 3. The SMILES string of the molecule is COC(=O)c1ccc(-c2ccccc2S(N)(=O)=O)o1. The number of hydrogen-bond donors (Lipinski definition) is 1. The molecule has 1 aromatic heterocycles. The highest BCUT2D eigenvalue weighted by Gasteiger charge is 2.18.